The van der Waals surface area contributed by atoms with Crippen LogP contribution in [0.25, 0.3) is 5.57 Å². The number of likely N-dealkylation sites (tertiary alicyclic amines) is 1. The lowest BCUT2D eigenvalue weighted by Gasteiger charge is -2.38. The number of tetrazole rings is 1. The van der Waals surface area contributed by atoms with E-state index in [9.17, 15) is 13.2 Å². The van der Waals surface area contributed by atoms with Gasteiger partial charge in [-0.3, -0.25) is 4.90 Å². The molecule has 0 amide bonds. The van der Waals surface area contributed by atoms with Crippen molar-refractivity contribution in [3.8, 4) is 5.75 Å². The highest BCUT2D eigenvalue weighted by Crippen LogP contribution is 2.39. The van der Waals surface area contributed by atoms with Crippen molar-refractivity contribution >= 4 is 5.57 Å². The van der Waals surface area contributed by atoms with Crippen LogP contribution in [0.1, 0.15) is 35.4 Å². The molecular weight excluding hydrogens is 459 g/mol. The first-order valence-corrected chi connectivity index (χ1v) is 11.5. The molecule has 0 saturated carbocycles. The zero-order chi connectivity index (χ0) is 24.5. The van der Waals surface area contributed by atoms with E-state index >= 15 is 0 Å². The summed E-state index contributed by atoms with van der Waals surface area (Å²) in [5, 5.41) is 9.84. The van der Waals surface area contributed by atoms with E-state index < -0.39 is 12.0 Å². The van der Waals surface area contributed by atoms with E-state index in [2.05, 4.69) is 38.6 Å². The number of ether oxygens (including phenoxy) is 2. The van der Waals surface area contributed by atoms with Crippen LogP contribution in [0.15, 0.2) is 54.6 Å². The summed E-state index contributed by atoms with van der Waals surface area (Å²) in [7, 11) is 1.58. The third-order valence-corrected chi connectivity index (χ3v) is 6.49. The van der Waals surface area contributed by atoms with Gasteiger partial charge in [0, 0.05) is 18.7 Å². The number of hydrogen-bond acceptors (Lipinski definition) is 6. The molecular formula is C25H26F3N5O2. The van der Waals surface area contributed by atoms with Crippen molar-refractivity contribution in [1.82, 2.24) is 25.1 Å². The maximum atomic E-state index is 13.2. The number of aromatic nitrogens is 4. The third kappa shape index (κ3) is 5.08. The van der Waals surface area contributed by atoms with E-state index in [0.717, 1.165) is 48.3 Å². The number of rotatable bonds is 6. The largest absolute Gasteiger partial charge is 0.496 e. The average Bonchev–Trinajstić information content (AvgIpc) is 3.47. The van der Waals surface area contributed by atoms with E-state index in [1.807, 2.05) is 24.3 Å². The number of alkyl halides is 3. The van der Waals surface area contributed by atoms with Crippen LogP contribution in [-0.4, -0.2) is 57.5 Å². The molecule has 2 aliphatic rings. The van der Waals surface area contributed by atoms with Gasteiger partial charge >= 0.3 is 6.18 Å². The van der Waals surface area contributed by atoms with E-state index in [1.54, 1.807) is 19.2 Å². The van der Waals surface area contributed by atoms with E-state index in [-0.39, 0.29) is 12.1 Å². The predicted octanol–water partition coefficient (Wildman–Crippen LogP) is 4.20. The Hall–Kier alpha value is -3.24. The minimum absolute atomic E-state index is 0.108. The third-order valence-electron chi connectivity index (χ3n) is 6.49. The Morgan fingerprint density at radius 2 is 1.91 bits per heavy atom. The monoisotopic (exact) mass is 485 g/mol. The molecule has 0 N–H and O–H groups in total. The Bertz CT molecular complexity index is 1210. The first-order valence-electron chi connectivity index (χ1n) is 11.5. The highest BCUT2D eigenvalue weighted by molar-refractivity contribution is 5.74. The second-order valence-electron chi connectivity index (χ2n) is 9.02. The Balaban J connectivity index is 1.38. The van der Waals surface area contributed by atoms with Gasteiger partial charge in [0.2, 0.25) is 0 Å². The molecule has 2 aromatic carbocycles. The second kappa shape index (κ2) is 9.43. The van der Waals surface area contributed by atoms with Gasteiger partial charge in [-0.15, -0.1) is 5.10 Å². The van der Waals surface area contributed by atoms with Crippen molar-refractivity contribution in [2.75, 3.05) is 26.8 Å². The topological polar surface area (TPSA) is 65.3 Å². The van der Waals surface area contributed by atoms with Crippen LogP contribution in [0.4, 0.5) is 13.2 Å². The lowest BCUT2D eigenvalue weighted by molar-refractivity contribution is -0.147. The number of piperidine rings is 1. The maximum absolute atomic E-state index is 13.2. The van der Waals surface area contributed by atoms with Crippen molar-refractivity contribution in [2.24, 2.45) is 0 Å². The first-order chi connectivity index (χ1) is 16.9. The molecule has 0 radical (unpaired) electrons. The van der Waals surface area contributed by atoms with Gasteiger partial charge in [-0.1, -0.05) is 36.4 Å². The number of hydrogen-bond donors (Lipinski definition) is 0. The van der Waals surface area contributed by atoms with Crippen LogP contribution in [0.2, 0.25) is 0 Å². The number of methoxy groups -OCH3 is 1. The van der Waals surface area contributed by atoms with Gasteiger partial charge in [-0.25, -0.2) is 4.68 Å². The van der Waals surface area contributed by atoms with Gasteiger partial charge in [-0.05, 0) is 64.7 Å². The quantitative estimate of drug-likeness (QED) is 0.522. The summed E-state index contributed by atoms with van der Waals surface area (Å²) >= 11 is 0. The van der Waals surface area contributed by atoms with Crippen molar-refractivity contribution in [2.45, 2.75) is 37.7 Å². The van der Waals surface area contributed by atoms with Crippen LogP contribution >= 0.6 is 0 Å². The molecule has 1 fully saturated rings. The van der Waals surface area contributed by atoms with Crippen LogP contribution in [-0.2, 0) is 24.0 Å². The minimum Gasteiger partial charge on any atom is -0.496 e. The molecule has 0 aliphatic carbocycles. The SMILES string of the molecule is COc1ccc(Cn2nnnc2C(F)(F)F)cc1C1=CC2(CCCN(Cc3ccccc3)C2)OC1. The molecule has 2 aliphatic heterocycles. The number of halogens is 3. The standard InChI is InChI=1S/C25H26F3N5O2/c1-34-22-9-8-19(15-33-23(25(26,27)28)29-30-31-33)12-21(22)20-13-24(35-16-20)10-5-11-32(17-24)14-18-6-3-2-4-7-18/h2-4,6-9,12-13H,5,10-11,14-17H2,1H3. The van der Waals surface area contributed by atoms with Crippen molar-refractivity contribution < 1.29 is 22.6 Å². The molecule has 7 nitrogen and oxygen atoms in total. The zero-order valence-electron chi connectivity index (χ0n) is 19.3. The number of nitrogens with zero attached hydrogens (tertiary/aromatic N) is 5. The van der Waals surface area contributed by atoms with Gasteiger partial charge < -0.3 is 9.47 Å². The highest BCUT2D eigenvalue weighted by atomic mass is 19.4. The lowest BCUT2D eigenvalue weighted by Crippen LogP contribution is -2.46. The summed E-state index contributed by atoms with van der Waals surface area (Å²) in [5.41, 5.74) is 3.29. The summed E-state index contributed by atoms with van der Waals surface area (Å²) in [6.07, 6.45) is -0.514. The van der Waals surface area contributed by atoms with Crippen LogP contribution < -0.4 is 4.74 Å². The zero-order valence-corrected chi connectivity index (χ0v) is 19.3. The van der Waals surface area contributed by atoms with E-state index in [1.165, 1.54) is 5.56 Å². The van der Waals surface area contributed by atoms with Gasteiger partial charge in [-0.2, -0.15) is 13.2 Å². The molecule has 5 rings (SSSR count). The van der Waals surface area contributed by atoms with Crippen LogP contribution in [0.3, 0.4) is 0 Å². The van der Waals surface area contributed by atoms with Gasteiger partial charge in [0.15, 0.2) is 0 Å². The Morgan fingerprint density at radius 1 is 1.09 bits per heavy atom. The lowest BCUT2D eigenvalue weighted by atomic mass is 9.90. The molecule has 10 heteroatoms. The summed E-state index contributed by atoms with van der Waals surface area (Å²) in [6, 6.07) is 15.7. The van der Waals surface area contributed by atoms with Crippen molar-refractivity contribution in [3.63, 3.8) is 0 Å². The molecule has 3 heterocycles. The molecule has 3 aromatic rings. The molecule has 184 valence electrons. The molecule has 1 aromatic heterocycles. The summed E-state index contributed by atoms with van der Waals surface area (Å²) in [4.78, 5) is 2.41. The van der Waals surface area contributed by atoms with Crippen molar-refractivity contribution in [1.29, 1.82) is 0 Å². The summed E-state index contributed by atoms with van der Waals surface area (Å²) < 4.78 is 52.2. The second-order valence-corrected chi connectivity index (χ2v) is 9.02. The van der Waals surface area contributed by atoms with Crippen molar-refractivity contribution in [3.05, 3.63) is 77.1 Å². The van der Waals surface area contributed by atoms with E-state index in [0.29, 0.717) is 17.9 Å². The molecule has 35 heavy (non-hydrogen) atoms. The molecule has 1 saturated heterocycles. The fraction of sp³-hybridized carbons (Fsp3) is 0.400. The highest BCUT2D eigenvalue weighted by Gasteiger charge is 2.40. The molecule has 1 atom stereocenters. The summed E-state index contributed by atoms with van der Waals surface area (Å²) in [6.45, 7) is 2.96. The first kappa shape index (κ1) is 23.5. The molecule has 0 bridgehead atoms. The van der Waals surface area contributed by atoms with Crippen LogP contribution in [0, 0.1) is 0 Å². The Morgan fingerprint density at radius 3 is 2.69 bits per heavy atom. The fourth-order valence-corrected chi connectivity index (χ4v) is 4.92. The predicted molar refractivity (Wildman–Crippen MR) is 123 cm³/mol. The van der Waals surface area contributed by atoms with Gasteiger partial charge in [0.25, 0.3) is 5.82 Å². The smallest absolute Gasteiger partial charge is 0.453 e. The Kier molecular flexibility index (Phi) is 6.33. The normalized spacial score (nSPS) is 20.9. The Labute approximate surface area is 201 Å². The maximum Gasteiger partial charge on any atom is 0.453 e. The van der Waals surface area contributed by atoms with Crippen LogP contribution in [0.5, 0.6) is 5.75 Å². The molecule has 1 unspecified atom stereocenters. The molecule has 1 spiro atoms. The minimum atomic E-state index is -4.63. The van der Waals surface area contributed by atoms with Gasteiger partial charge in [0.1, 0.15) is 11.4 Å². The van der Waals surface area contributed by atoms with Gasteiger partial charge in [0.05, 0.1) is 20.3 Å². The summed E-state index contributed by atoms with van der Waals surface area (Å²) in [5.74, 6) is -0.483. The van der Waals surface area contributed by atoms with E-state index in [4.69, 9.17) is 9.47 Å². The average molecular weight is 486 g/mol. The number of benzene rings is 2. The fourth-order valence-electron chi connectivity index (χ4n) is 4.92.